The van der Waals surface area contributed by atoms with E-state index in [4.69, 9.17) is 0 Å². The second-order valence-corrected chi connectivity index (χ2v) is 14.5. The van der Waals surface area contributed by atoms with Crippen LogP contribution in [0.3, 0.4) is 0 Å². The molecule has 0 aromatic carbocycles. The number of halogens is 3. The zero-order chi connectivity index (χ0) is 19.3. The number of hydrogen-bond donors (Lipinski definition) is 3. The van der Waals surface area contributed by atoms with Crippen molar-refractivity contribution < 1.29 is 0 Å². The average Bonchev–Trinajstić information content (AvgIpc) is 2.64. The first-order valence-corrected chi connectivity index (χ1v) is 15.8. The zero-order valence-corrected chi connectivity index (χ0v) is 28.8. The minimum absolute atomic E-state index is 0. The predicted molar refractivity (Wildman–Crippen MR) is 175 cm³/mol. The van der Waals surface area contributed by atoms with Gasteiger partial charge < -0.3 is 18.5 Å². The fourth-order valence-electron chi connectivity index (χ4n) is 4.37. The summed E-state index contributed by atoms with van der Waals surface area (Å²) in [5.41, 5.74) is 0. The van der Waals surface area contributed by atoms with E-state index in [0.717, 1.165) is 0 Å². The molecule has 0 aromatic rings. The third kappa shape index (κ3) is 36.3. The van der Waals surface area contributed by atoms with E-state index in [1.807, 2.05) is 0 Å². The van der Waals surface area contributed by atoms with Crippen molar-refractivity contribution in [2.75, 3.05) is 25.2 Å². The van der Waals surface area contributed by atoms with Crippen molar-refractivity contribution >= 4 is 58.2 Å². The maximum Gasteiger partial charge on any atom is -0.344 e. The van der Waals surface area contributed by atoms with Crippen LogP contribution in [-0.2, 0) is 0 Å². The van der Waals surface area contributed by atoms with Crippen molar-refractivity contribution in [1.29, 1.82) is 0 Å². The van der Waals surface area contributed by atoms with Crippen molar-refractivity contribution in [3.05, 3.63) is 0 Å². The Morgan fingerprint density at radius 1 is 0.344 bits per heavy atom. The van der Waals surface area contributed by atoms with Gasteiger partial charge in [-0.15, -0.1) is 50.9 Å². The summed E-state index contributed by atoms with van der Waals surface area (Å²) in [5.74, 6) is 0. The molecular formula is C25H67Br3N3P. The van der Waals surface area contributed by atoms with Gasteiger partial charge in [-0.2, -0.15) is 0 Å². The van der Waals surface area contributed by atoms with Crippen molar-refractivity contribution in [2.45, 2.75) is 136 Å². The summed E-state index contributed by atoms with van der Waals surface area (Å²) in [6.07, 6.45) is 31.4. The minimum Gasteiger partial charge on any atom is -0.344 e. The molecule has 0 atom stereocenters. The molecule has 0 rings (SSSR count). The molecule has 208 valence electrons. The third-order valence-electron chi connectivity index (χ3n) is 6.40. The largest absolute Gasteiger partial charge is 0.344 e. The van der Waals surface area contributed by atoms with E-state index in [0.29, 0.717) is 0 Å². The first-order chi connectivity index (χ1) is 12.7. The summed E-state index contributed by atoms with van der Waals surface area (Å²) in [6.45, 7) is 9.73. The van der Waals surface area contributed by atoms with Crippen LogP contribution in [0.15, 0.2) is 0 Å². The topological polar surface area (TPSA) is 105 Å². The fraction of sp³-hybridized carbons (Fsp3) is 1.00. The molecule has 0 radical (unpaired) electrons. The quantitative estimate of drug-likeness (QED) is 0.0830. The molecule has 7 heteroatoms. The van der Waals surface area contributed by atoms with E-state index in [9.17, 15) is 0 Å². The van der Waals surface area contributed by atoms with Gasteiger partial charge >= 0.3 is 169 Å². The molecule has 0 spiro atoms. The molecule has 0 aliphatic heterocycles. The van der Waals surface area contributed by atoms with Crippen molar-refractivity contribution in [1.82, 2.24) is 18.5 Å². The molecule has 0 aromatic heterocycles. The van der Waals surface area contributed by atoms with Gasteiger partial charge in [-0.1, -0.05) is 0 Å². The van der Waals surface area contributed by atoms with Crippen molar-refractivity contribution in [3.63, 3.8) is 0 Å². The van der Waals surface area contributed by atoms with E-state index in [1.165, 1.54) is 116 Å². The van der Waals surface area contributed by atoms with Gasteiger partial charge in [0.1, 0.15) is 0 Å². The summed E-state index contributed by atoms with van der Waals surface area (Å²) in [4.78, 5) is 0. The molecule has 0 bridgehead atoms. The first-order valence-electron chi connectivity index (χ1n) is 12.7. The first kappa shape index (κ1) is 50.6. The van der Waals surface area contributed by atoms with Crippen LogP contribution in [0.25, 0.3) is 0 Å². The summed E-state index contributed by atoms with van der Waals surface area (Å²) >= 11 is 0. The fourth-order valence-corrected chi connectivity index (χ4v) is 8.43. The number of hydrogen-bond acceptors (Lipinski definition) is 3. The van der Waals surface area contributed by atoms with Crippen LogP contribution in [-0.4, -0.2) is 25.2 Å². The summed E-state index contributed by atoms with van der Waals surface area (Å²) in [6, 6.07) is 0. The Morgan fingerprint density at radius 2 is 0.531 bits per heavy atom. The maximum absolute atomic E-state index is 2.76. The van der Waals surface area contributed by atoms with Crippen LogP contribution in [0.5, 0.6) is 0 Å². The number of unbranched alkanes of at least 4 members (excludes halogenated alkanes) is 15. The Kier molecular flexibility index (Phi) is 63.1. The molecule has 0 aliphatic rings. The van der Waals surface area contributed by atoms with E-state index in [-0.39, 0.29) is 69.4 Å². The second-order valence-electron chi connectivity index (χ2n) is 9.36. The minimum atomic E-state index is -0.955. The molecular weight excluding hydrogens is 613 g/mol. The van der Waals surface area contributed by atoms with Crippen LogP contribution >= 0.6 is 58.2 Å². The molecule has 9 N–H and O–H groups in total. The molecule has 0 aliphatic carbocycles. The summed E-state index contributed by atoms with van der Waals surface area (Å²) in [7, 11) is -0.955. The normalized spacial score (nSPS) is 10.2. The Hall–Kier alpha value is 1.75. The van der Waals surface area contributed by atoms with Crippen LogP contribution in [0, 0.1) is 0 Å². The van der Waals surface area contributed by atoms with E-state index < -0.39 is 7.26 Å². The maximum atomic E-state index is 2.76. The number of rotatable bonds is 21. The smallest absolute Gasteiger partial charge is 0.344 e. The van der Waals surface area contributed by atoms with E-state index in [1.54, 1.807) is 18.5 Å². The van der Waals surface area contributed by atoms with E-state index in [2.05, 4.69) is 27.4 Å². The van der Waals surface area contributed by atoms with Crippen LogP contribution < -0.4 is 18.5 Å². The van der Waals surface area contributed by atoms with Gasteiger partial charge in [0, 0.05) is 0 Å². The van der Waals surface area contributed by atoms with Gasteiger partial charge in [-0.3, -0.25) is 0 Å². The van der Waals surface area contributed by atoms with Crippen molar-refractivity contribution in [3.8, 4) is 0 Å². The Balaban J connectivity index is -0.000000208. The van der Waals surface area contributed by atoms with Gasteiger partial charge in [0.05, 0.1) is 0 Å². The standard InChI is InChI=1S/C25H55P.3BrH.3H3N/c1-5-8-11-14-17-20-23-26(4,24-21-18-15-12-9-6-2)25-22-19-16-13-10-7-3;;;;;;/h26H,5-25H2,1-4H3;3*1H;3*1H3. The van der Waals surface area contributed by atoms with Gasteiger partial charge in [-0.05, 0) is 0 Å². The predicted octanol–water partition coefficient (Wildman–Crippen LogP) is 11.7. The van der Waals surface area contributed by atoms with Crippen molar-refractivity contribution in [2.24, 2.45) is 0 Å². The molecule has 0 saturated carbocycles. The molecule has 0 fully saturated rings. The Bertz CT molecular complexity index is 248. The monoisotopic (exact) mass is 677 g/mol. The SMILES string of the molecule is Br.Br.Br.CCCCCCCC[PH](C)(CCCCCCCC)CCCCCCCC.N.N.N. The van der Waals surface area contributed by atoms with Crippen LogP contribution in [0.1, 0.15) is 136 Å². The summed E-state index contributed by atoms with van der Waals surface area (Å²) in [5, 5.41) is 0. The Labute approximate surface area is 237 Å². The average molecular weight is 681 g/mol. The second kappa shape index (κ2) is 39.9. The molecule has 0 saturated heterocycles. The molecule has 0 heterocycles. The third-order valence-corrected chi connectivity index (χ3v) is 11.1. The molecule has 0 amide bonds. The van der Waals surface area contributed by atoms with Gasteiger partial charge in [0.2, 0.25) is 0 Å². The zero-order valence-electron chi connectivity index (χ0n) is 22.7. The van der Waals surface area contributed by atoms with Gasteiger partial charge in [0.25, 0.3) is 0 Å². The molecule has 32 heavy (non-hydrogen) atoms. The van der Waals surface area contributed by atoms with Gasteiger partial charge in [0.15, 0.2) is 0 Å². The van der Waals surface area contributed by atoms with E-state index >= 15 is 0 Å². The molecule has 0 unspecified atom stereocenters. The molecule has 3 nitrogen and oxygen atoms in total. The van der Waals surface area contributed by atoms with Gasteiger partial charge in [-0.25, -0.2) is 0 Å². The summed E-state index contributed by atoms with van der Waals surface area (Å²) < 4.78 is 0. The Morgan fingerprint density at radius 3 is 0.750 bits per heavy atom. The van der Waals surface area contributed by atoms with Crippen LogP contribution in [0.2, 0.25) is 0 Å². The van der Waals surface area contributed by atoms with Crippen LogP contribution in [0.4, 0.5) is 0 Å².